The van der Waals surface area contributed by atoms with Gasteiger partial charge < -0.3 is 19.5 Å². The molecule has 0 aliphatic rings. The van der Waals surface area contributed by atoms with Crippen LogP contribution in [0.15, 0.2) is 36.7 Å². The predicted molar refractivity (Wildman–Crippen MR) is 105 cm³/mol. The van der Waals surface area contributed by atoms with Gasteiger partial charge in [-0.3, -0.25) is 4.98 Å². The third-order valence-corrected chi connectivity index (χ3v) is 4.62. The summed E-state index contributed by atoms with van der Waals surface area (Å²) in [5, 5.41) is 19.6. The second-order valence-electron chi connectivity index (χ2n) is 5.98. The first-order valence-electron chi connectivity index (χ1n) is 8.34. The number of aliphatic hydroxyl groups excluding tert-OH is 1. The molecule has 0 spiro atoms. The van der Waals surface area contributed by atoms with Crippen molar-refractivity contribution in [2.75, 3.05) is 13.2 Å². The Bertz CT molecular complexity index is 1020. The smallest absolute Gasteiger partial charge is 0.354 e. The number of aromatic nitrogens is 3. The quantitative estimate of drug-likeness (QED) is 0.603. The number of carbonyl (C=O) groups is 1. The van der Waals surface area contributed by atoms with E-state index in [4.69, 9.17) is 33.0 Å². The van der Waals surface area contributed by atoms with Gasteiger partial charge in [0.05, 0.1) is 25.0 Å². The summed E-state index contributed by atoms with van der Waals surface area (Å²) in [6.45, 7) is 1.78. The molecule has 3 rings (SSSR count). The average Bonchev–Trinajstić information content (AvgIpc) is 2.99. The number of carboxylic acid groups (broad SMARTS) is 1. The Kier molecular flexibility index (Phi) is 6.18. The molecule has 2 heterocycles. The number of aromatic carboxylic acids is 1. The molecule has 0 saturated carbocycles. The number of rotatable bonds is 7. The standard InChI is InChI=1S/C19H17Cl2N3O4/c1-11-17(19(26)27)24(10-13-6-14(20)2-3-16(13)21)18(23-11)12-7-15(9-22-8-12)28-5-4-25/h2-3,6-9,25H,4-5,10H2,1H3,(H,26,27). The summed E-state index contributed by atoms with van der Waals surface area (Å²) in [6.07, 6.45) is 3.07. The lowest BCUT2D eigenvalue weighted by atomic mass is 10.2. The minimum absolute atomic E-state index is 0.0488. The summed E-state index contributed by atoms with van der Waals surface area (Å²) in [7, 11) is 0. The molecular weight excluding hydrogens is 405 g/mol. The first kappa shape index (κ1) is 20.1. The van der Waals surface area contributed by atoms with Gasteiger partial charge in [0, 0.05) is 21.8 Å². The van der Waals surface area contributed by atoms with Crippen molar-refractivity contribution in [2.45, 2.75) is 13.5 Å². The van der Waals surface area contributed by atoms with Crippen molar-refractivity contribution in [3.8, 4) is 17.1 Å². The molecule has 0 radical (unpaired) electrons. The highest BCUT2D eigenvalue weighted by molar-refractivity contribution is 6.33. The molecule has 1 aromatic carbocycles. The Labute approximate surface area is 171 Å². The van der Waals surface area contributed by atoms with E-state index < -0.39 is 5.97 Å². The van der Waals surface area contributed by atoms with E-state index in [2.05, 4.69) is 9.97 Å². The Balaban J connectivity index is 2.11. The Morgan fingerprint density at radius 1 is 1.25 bits per heavy atom. The number of aliphatic hydroxyl groups is 1. The van der Waals surface area contributed by atoms with Crippen LogP contribution in [0.1, 0.15) is 21.7 Å². The number of aryl methyl sites for hydroxylation is 1. The van der Waals surface area contributed by atoms with E-state index in [1.165, 1.54) is 6.20 Å². The van der Waals surface area contributed by atoms with Gasteiger partial charge in [-0.05, 0) is 36.8 Å². The van der Waals surface area contributed by atoms with Crippen molar-refractivity contribution in [3.63, 3.8) is 0 Å². The van der Waals surface area contributed by atoms with Crippen molar-refractivity contribution < 1.29 is 19.7 Å². The Morgan fingerprint density at radius 2 is 2.04 bits per heavy atom. The van der Waals surface area contributed by atoms with Crippen LogP contribution in [-0.2, 0) is 6.54 Å². The molecule has 0 saturated heterocycles. The van der Waals surface area contributed by atoms with Crippen LogP contribution in [-0.4, -0.2) is 43.9 Å². The number of imidazole rings is 1. The van der Waals surface area contributed by atoms with E-state index in [1.54, 1.807) is 42.0 Å². The summed E-state index contributed by atoms with van der Waals surface area (Å²) in [6, 6.07) is 6.70. The predicted octanol–water partition coefficient (Wildman–Crippen LogP) is 3.68. The van der Waals surface area contributed by atoms with Gasteiger partial charge in [0.15, 0.2) is 5.69 Å². The van der Waals surface area contributed by atoms with Gasteiger partial charge in [0.2, 0.25) is 0 Å². The second-order valence-corrected chi connectivity index (χ2v) is 6.82. The maximum Gasteiger partial charge on any atom is 0.354 e. The van der Waals surface area contributed by atoms with Crippen LogP contribution in [0, 0.1) is 6.92 Å². The molecule has 0 aliphatic carbocycles. The van der Waals surface area contributed by atoms with Crippen LogP contribution in [0.3, 0.4) is 0 Å². The summed E-state index contributed by atoms with van der Waals surface area (Å²) in [5.74, 6) is -0.251. The first-order valence-corrected chi connectivity index (χ1v) is 9.09. The van der Waals surface area contributed by atoms with Crippen LogP contribution < -0.4 is 4.74 Å². The molecule has 3 aromatic rings. The van der Waals surface area contributed by atoms with E-state index in [9.17, 15) is 9.90 Å². The van der Waals surface area contributed by atoms with Gasteiger partial charge in [-0.1, -0.05) is 23.2 Å². The fourth-order valence-corrected chi connectivity index (χ4v) is 3.21. The molecule has 0 amide bonds. The van der Waals surface area contributed by atoms with Gasteiger partial charge in [-0.2, -0.15) is 0 Å². The lowest BCUT2D eigenvalue weighted by Crippen LogP contribution is -2.12. The van der Waals surface area contributed by atoms with Gasteiger partial charge in [-0.25, -0.2) is 9.78 Å². The fraction of sp³-hybridized carbons (Fsp3) is 0.211. The SMILES string of the molecule is Cc1nc(-c2cncc(OCCO)c2)n(Cc2cc(Cl)ccc2Cl)c1C(=O)O. The number of halogens is 2. The number of benzene rings is 1. The molecule has 146 valence electrons. The topological polar surface area (TPSA) is 97.5 Å². The molecule has 0 fully saturated rings. The van der Waals surface area contributed by atoms with E-state index in [1.807, 2.05) is 0 Å². The number of hydrogen-bond acceptors (Lipinski definition) is 5. The highest BCUT2D eigenvalue weighted by Crippen LogP contribution is 2.28. The Hall–Kier alpha value is -2.61. The lowest BCUT2D eigenvalue weighted by molar-refractivity contribution is 0.0685. The summed E-state index contributed by atoms with van der Waals surface area (Å²) in [4.78, 5) is 20.4. The minimum Gasteiger partial charge on any atom is -0.490 e. The highest BCUT2D eigenvalue weighted by atomic mass is 35.5. The van der Waals surface area contributed by atoms with Crippen molar-refractivity contribution in [2.24, 2.45) is 0 Å². The number of hydrogen-bond donors (Lipinski definition) is 2. The second kappa shape index (κ2) is 8.60. The van der Waals surface area contributed by atoms with Crippen molar-refractivity contribution in [1.29, 1.82) is 0 Å². The number of nitrogens with zero attached hydrogens (tertiary/aromatic N) is 3. The van der Waals surface area contributed by atoms with Crippen molar-refractivity contribution >= 4 is 29.2 Å². The summed E-state index contributed by atoms with van der Waals surface area (Å²) < 4.78 is 6.95. The highest BCUT2D eigenvalue weighted by Gasteiger charge is 2.22. The molecule has 2 N–H and O–H groups in total. The van der Waals surface area contributed by atoms with Crippen LogP contribution in [0.4, 0.5) is 0 Å². The molecule has 2 aromatic heterocycles. The molecule has 28 heavy (non-hydrogen) atoms. The van der Waals surface area contributed by atoms with Gasteiger partial charge in [0.1, 0.15) is 18.2 Å². The van der Waals surface area contributed by atoms with Crippen LogP contribution in [0.5, 0.6) is 5.75 Å². The molecule has 0 bridgehead atoms. The zero-order valence-electron chi connectivity index (χ0n) is 14.9. The third kappa shape index (κ3) is 4.27. The monoisotopic (exact) mass is 421 g/mol. The van der Waals surface area contributed by atoms with Crippen LogP contribution >= 0.6 is 23.2 Å². The molecule has 0 aliphatic heterocycles. The minimum atomic E-state index is -1.10. The summed E-state index contributed by atoms with van der Waals surface area (Å²) in [5.41, 5.74) is 1.65. The zero-order chi connectivity index (χ0) is 20.3. The molecule has 9 heteroatoms. The van der Waals surface area contributed by atoms with Crippen molar-refractivity contribution in [3.05, 3.63) is 63.7 Å². The maximum absolute atomic E-state index is 11.8. The van der Waals surface area contributed by atoms with Gasteiger partial charge in [-0.15, -0.1) is 0 Å². The normalized spacial score (nSPS) is 10.9. The molecule has 0 atom stereocenters. The maximum atomic E-state index is 11.8. The van der Waals surface area contributed by atoms with E-state index in [0.717, 1.165) is 0 Å². The lowest BCUT2D eigenvalue weighted by Gasteiger charge is -2.13. The van der Waals surface area contributed by atoms with E-state index in [-0.39, 0.29) is 25.5 Å². The molecule has 7 nitrogen and oxygen atoms in total. The van der Waals surface area contributed by atoms with Gasteiger partial charge >= 0.3 is 5.97 Å². The average molecular weight is 422 g/mol. The van der Waals surface area contributed by atoms with E-state index in [0.29, 0.717) is 38.4 Å². The molecular formula is C19H17Cl2N3O4. The third-order valence-electron chi connectivity index (χ3n) is 4.01. The Morgan fingerprint density at radius 3 is 2.75 bits per heavy atom. The van der Waals surface area contributed by atoms with Crippen LogP contribution in [0.2, 0.25) is 10.0 Å². The number of carboxylic acids is 1. The molecule has 0 unspecified atom stereocenters. The number of ether oxygens (including phenoxy) is 1. The van der Waals surface area contributed by atoms with Gasteiger partial charge in [0.25, 0.3) is 0 Å². The largest absolute Gasteiger partial charge is 0.490 e. The zero-order valence-corrected chi connectivity index (χ0v) is 16.4. The fourth-order valence-electron chi connectivity index (χ4n) is 2.84. The van der Waals surface area contributed by atoms with Crippen LogP contribution in [0.25, 0.3) is 11.4 Å². The van der Waals surface area contributed by atoms with Crippen molar-refractivity contribution in [1.82, 2.24) is 14.5 Å². The number of pyridine rings is 1. The first-order chi connectivity index (χ1) is 13.4. The van der Waals surface area contributed by atoms with E-state index >= 15 is 0 Å². The summed E-state index contributed by atoms with van der Waals surface area (Å²) >= 11 is 12.3.